The van der Waals surface area contributed by atoms with Crippen LogP contribution in [-0.4, -0.2) is 15.0 Å². The lowest BCUT2D eigenvalue weighted by molar-refractivity contribution is 0.305. The molecular weight excluding hydrogens is 871 g/mol. The van der Waals surface area contributed by atoms with E-state index < -0.39 is 0 Å². The molecule has 0 spiro atoms. The molecule has 3 aliphatic rings. The van der Waals surface area contributed by atoms with Crippen molar-refractivity contribution < 1.29 is 0 Å². The van der Waals surface area contributed by atoms with Crippen molar-refractivity contribution in [1.29, 1.82) is 0 Å². The van der Waals surface area contributed by atoms with Gasteiger partial charge in [-0.2, -0.15) is 0 Å². The van der Waals surface area contributed by atoms with E-state index in [-0.39, 0.29) is 0 Å². The SMILES string of the molecule is CCCC1CCC(c2ccc(-c3ccc(CC)cc3)cn2)CC1.CCCCc1ccc(-c2ccc(C3CCC(CCC)CC3)nc2)cc1.CCCc1ccc(-c2ccc(C3CCC(CCC)CC3)nc2)cc1. The van der Waals surface area contributed by atoms with E-state index in [0.29, 0.717) is 17.8 Å². The molecule has 0 bridgehead atoms. The van der Waals surface area contributed by atoms with E-state index in [1.54, 1.807) is 0 Å². The highest BCUT2D eigenvalue weighted by Crippen LogP contribution is 2.40. The summed E-state index contributed by atoms with van der Waals surface area (Å²) in [6.45, 7) is 13.6. The molecular formula is C69H93N3. The number of hydrogen-bond donors (Lipinski definition) is 0. The molecule has 3 heteroatoms. The molecule has 0 N–H and O–H groups in total. The van der Waals surface area contributed by atoms with Gasteiger partial charge in [0.25, 0.3) is 0 Å². The number of unbranched alkanes of at least 4 members (excludes halogenated alkanes) is 1. The normalized spacial score (nSPS) is 20.9. The van der Waals surface area contributed by atoms with Gasteiger partial charge in [-0.1, -0.05) is 184 Å². The van der Waals surface area contributed by atoms with Crippen LogP contribution in [0.4, 0.5) is 0 Å². The first-order valence-corrected chi connectivity index (χ1v) is 29.6. The molecule has 6 aromatic rings. The van der Waals surface area contributed by atoms with Crippen LogP contribution >= 0.6 is 0 Å². The molecule has 0 aliphatic heterocycles. The van der Waals surface area contributed by atoms with Crippen molar-refractivity contribution in [3.8, 4) is 33.4 Å². The predicted molar refractivity (Wildman–Crippen MR) is 310 cm³/mol. The van der Waals surface area contributed by atoms with E-state index in [1.165, 1.54) is 208 Å². The Labute approximate surface area is 439 Å². The van der Waals surface area contributed by atoms with E-state index in [2.05, 4.69) is 169 Å². The molecule has 3 fully saturated rings. The fourth-order valence-corrected chi connectivity index (χ4v) is 12.2. The van der Waals surface area contributed by atoms with Crippen molar-refractivity contribution in [2.24, 2.45) is 17.8 Å². The number of hydrogen-bond acceptors (Lipinski definition) is 3. The van der Waals surface area contributed by atoms with Crippen molar-refractivity contribution in [3.05, 3.63) is 162 Å². The summed E-state index contributed by atoms with van der Waals surface area (Å²) in [4.78, 5) is 14.4. The first-order chi connectivity index (χ1) is 35.4. The highest BCUT2D eigenvalue weighted by molar-refractivity contribution is 5.64. The van der Waals surface area contributed by atoms with Gasteiger partial charge in [0.1, 0.15) is 0 Å². The molecule has 0 radical (unpaired) electrons. The molecule has 3 saturated carbocycles. The third kappa shape index (κ3) is 16.6. The second kappa shape index (κ2) is 29.7. The highest BCUT2D eigenvalue weighted by Gasteiger charge is 2.25. The minimum atomic E-state index is 0.679. The minimum Gasteiger partial charge on any atom is -0.260 e. The zero-order valence-electron chi connectivity index (χ0n) is 45.9. The monoisotopic (exact) mass is 964 g/mol. The Kier molecular flexibility index (Phi) is 22.7. The van der Waals surface area contributed by atoms with Crippen LogP contribution in [-0.2, 0) is 19.3 Å². The van der Waals surface area contributed by atoms with Gasteiger partial charge in [-0.25, -0.2) is 0 Å². The summed E-state index contributed by atoms with van der Waals surface area (Å²) < 4.78 is 0. The Morgan fingerprint density at radius 3 is 0.875 bits per heavy atom. The number of nitrogens with zero attached hydrogens (tertiary/aromatic N) is 3. The van der Waals surface area contributed by atoms with E-state index in [4.69, 9.17) is 15.0 Å². The van der Waals surface area contributed by atoms with Crippen LogP contribution in [0.3, 0.4) is 0 Å². The van der Waals surface area contributed by atoms with Gasteiger partial charge in [0.2, 0.25) is 0 Å². The smallest absolute Gasteiger partial charge is 0.0434 e. The topological polar surface area (TPSA) is 38.7 Å². The first-order valence-electron chi connectivity index (χ1n) is 29.6. The first kappa shape index (κ1) is 54.9. The molecule has 0 atom stereocenters. The van der Waals surface area contributed by atoms with Gasteiger partial charge < -0.3 is 0 Å². The Morgan fingerprint density at radius 1 is 0.306 bits per heavy atom. The van der Waals surface area contributed by atoms with Gasteiger partial charge in [0.05, 0.1) is 0 Å². The fraction of sp³-hybridized carbons (Fsp3) is 0.522. The minimum absolute atomic E-state index is 0.679. The molecule has 0 saturated heterocycles. The lowest BCUT2D eigenvalue weighted by Crippen LogP contribution is -2.14. The van der Waals surface area contributed by atoms with Crippen molar-refractivity contribution in [3.63, 3.8) is 0 Å². The van der Waals surface area contributed by atoms with Gasteiger partial charge in [0, 0.05) is 70.1 Å². The Bertz CT molecular complexity index is 2360. The molecule has 3 heterocycles. The maximum atomic E-state index is 4.82. The Balaban J connectivity index is 0.000000159. The van der Waals surface area contributed by atoms with Gasteiger partial charge >= 0.3 is 0 Å². The summed E-state index contributed by atoms with van der Waals surface area (Å²) in [6.07, 6.45) is 37.9. The second-order valence-corrected chi connectivity index (χ2v) is 22.2. The molecule has 3 nitrogen and oxygen atoms in total. The largest absolute Gasteiger partial charge is 0.260 e. The van der Waals surface area contributed by atoms with Crippen molar-refractivity contribution in [1.82, 2.24) is 15.0 Å². The van der Waals surface area contributed by atoms with E-state index in [9.17, 15) is 0 Å². The van der Waals surface area contributed by atoms with Gasteiger partial charge in [0.15, 0.2) is 0 Å². The van der Waals surface area contributed by atoms with Crippen LogP contribution in [0.2, 0.25) is 0 Å². The number of aryl methyl sites for hydroxylation is 3. The van der Waals surface area contributed by atoms with Crippen molar-refractivity contribution in [2.75, 3.05) is 0 Å². The molecule has 0 amide bonds. The third-order valence-corrected chi connectivity index (χ3v) is 16.9. The Morgan fingerprint density at radius 2 is 0.611 bits per heavy atom. The predicted octanol–water partition coefficient (Wildman–Crippen LogP) is 20.3. The van der Waals surface area contributed by atoms with Gasteiger partial charge in [-0.15, -0.1) is 0 Å². The van der Waals surface area contributed by atoms with E-state index >= 15 is 0 Å². The van der Waals surface area contributed by atoms with Crippen LogP contribution in [0.15, 0.2) is 128 Å². The average Bonchev–Trinajstić information content (AvgIpc) is 3.44. The standard InChI is InChI=1S/C24H33N.C23H31N.C22H29N/c1-3-5-7-20-8-12-21(13-9-20)23-16-17-24(25-18-23)22-14-10-19(6-4-2)11-15-22;1-3-5-18-7-11-20(12-8-18)22-15-16-23(24-17-22)21-13-9-19(6-4-2)10-14-21;1-3-5-18-8-12-20(13-9-18)22-15-14-21(16-23-22)19-10-6-17(4-2)7-11-19/h8-9,12-13,16-19,22H,3-7,10-11,14-15H2,1-2H3;7-8,11-12,15-17,19,21H,3-6,9-10,13-14H2,1-2H3;6-7,10-11,14-16,18,20H,3-5,8-9,12-13H2,1-2H3. The van der Waals surface area contributed by atoms with Crippen LogP contribution in [0.5, 0.6) is 0 Å². The van der Waals surface area contributed by atoms with Gasteiger partial charge in [-0.05, 0) is 172 Å². The van der Waals surface area contributed by atoms with Gasteiger partial charge in [-0.3, -0.25) is 15.0 Å². The molecule has 72 heavy (non-hydrogen) atoms. The zero-order chi connectivity index (χ0) is 50.3. The summed E-state index contributed by atoms with van der Waals surface area (Å²) in [5.74, 6) is 4.93. The van der Waals surface area contributed by atoms with E-state index in [1.807, 2.05) is 0 Å². The lowest BCUT2D eigenvalue weighted by atomic mass is 9.78. The zero-order valence-corrected chi connectivity index (χ0v) is 45.9. The molecule has 3 aliphatic carbocycles. The average molecular weight is 965 g/mol. The second-order valence-electron chi connectivity index (χ2n) is 22.2. The van der Waals surface area contributed by atoms with Crippen LogP contribution < -0.4 is 0 Å². The Hall–Kier alpha value is -4.89. The van der Waals surface area contributed by atoms with Crippen molar-refractivity contribution in [2.45, 2.75) is 213 Å². The third-order valence-electron chi connectivity index (χ3n) is 16.9. The summed E-state index contributed by atoms with van der Waals surface area (Å²) in [5.41, 5.74) is 15.7. The van der Waals surface area contributed by atoms with E-state index in [0.717, 1.165) is 30.6 Å². The number of pyridine rings is 3. The maximum Gasteiger partial charge on any atom is 0.0434 e. The molecule has 3 aromatic carbocycles. The lowest BCUT2D eigenvalue weighted by Gasteiger charge is -2.28. The molecule has 9 rings (SSSR count). The number of aromatic nitrogens is 3. The highest BCUT2D eigenvalue weighted by atomic mass is 14.7. The fourth-order valence-electron chi connectivity index (χ4n) is 12.2. The van der Waals surface area contributed by atoms with Crippen LogP contribution in [0.1, 0.15) is 228 Å². The summed E-state index contributed by atoms with van der Waals surface area (Å²) in [7, 11) is 0. The summed E-state index contributed by atoms with van der Waals surface area (Å²) in [5, 5.41) is 0. The molecule has 384 valence electrons. The van der Waals surface area contributed by atoms with Crippen LogP contribution in [0.25, 0.3) is 33.4 Å². The molecule has 3 aromatic heterocycles. The number of rotatable bonds is 18. The maximum absolute atomic E-state index is 4.82. The van der Waals surface area contributed by atoms with Crippen molar-refractivity contribution >= 4 is 0 Å². The quantitative estimate of drug-likeness (QED) is 0.0861. The summed E-state index contributed by atoms with van der Waals surface area (Å²) in [6, 6.07) is 40.4. The van der Waals surface area contributed by atoms with Crippen LogP contribution in [0, 0.1) is 17.8 Å². The summed E-state index contributed by atoms with van der Waals surface area (Å²) >= 11 is 0. The number of benzene rings is 3. The molecule has 0 unspecified atom stereocenters.